The molecule has 3 aromatic carbocycles. The van der Waals surface area contributed by atoms with E-state index in [1.807, 2.05) is 67.6 Å². The van der Waals surface area contributed by atoms with Gasteiger partial charge in [0.05, 0.1) is 13.2 Å². The Hall–Kier alpha value is -3.85. The van der Waals surface area contributed by atoms with E-state index in [-0.39, 0.29) is 5.56 Å². The van der Waals surface area contributed by atoms with Crippen molar-refractivity contribution in [2.24, 2.45) is 0 Å². The van der Waals surface area contributed by atoms with Gasteiger partial charge in [-0.2, -0.15) is 0 Å². The maximum atomic E-state index is 13.6. The molecule has 0 saturated carbocycles. The van der Waals surface area contributed by atoms with E-state index in [9.17, 15) is 4.79 Å². The monoisotopic (exact) mass is 528 g/mol. The molecule has 1 atom stereocenters. The zero-order chi connectivity index (χ0) is 26.5. The first-order valence-electron chi connectivity index (χ1n) is 12.4. The van der Waals surface area contributed by atoms with E-state index < -0.39 is 6.04 Å². The second kappa shape index (κ2) is 11.7. The van der Waals surface area contributed by atoms with Gasteiger partial charge in [0.2, 0.25) is 0 Å². The maximum absolute atomic E-state index is 13.6. The van der Waals surface area contributed by atoms with Crippen LogP contribution in [0.2, 0.25) is 5.02 Å². The molecule has 0 aliphatic heterocycles. The van der Waals surface area contributed by atoms with Crippen LogP contribution in [0.4, 0.5) is 0 Å². The highest BCUT2D eigenvalue weighted by Gasteiger charge is 2.31. The van der Waals surface area contributed by atoms with Crippen LogP contribution >= 0.6 is 11.6 Å². The third kappa shape index (κ3) is 5.83. The molecule has 38 heavy (non-hydrogen) atoms. The minimum absolute atomic E-state index is 0.179. The molecule has 0 radical (unpaired) electrons. The van der Waals surface area contributed by atoms with Crippen LogP contribution in [0, 0.1) is 6.92 Å². The summed E-state index contributed by atoms with van der Waals surface area (Å²) in [5, 5.41) is 14.3. The Labute approximate surface area is 225 Å². The summed E-state index contributed by atoms with van der Waals surface area (Å²) in [6.07, 6.45) is 0. The molecule has 9 heteroatoms. The number of pyridine rings is 1. The summed E-state index contributed by atoms with van der Waals surface area (Å²) in [4.78, 5) is 18.9. The Balaban J connectivity index is 1.69. The highest BCUT2D eigenvalue weighted by atomic mass is 35.5. The van der Waals surface area contributed by atoms with E-state index in [4.69, 9.17) is 16.3 Å². The molecular formula is C29H29ClN6O2. The van der Waals surface area contributed by atoms with Crippen LogP contribution in [0.15, 0.2) is 83.7 Å². The average molecular weight is 529 g/mol. The number of methoxy groups -OCH3 is 1. The number of tetrazole rings is 1. The molecule has 0 aliphatic rings. The molecule has 0 spiro atoms. The fourth-order valence-electron chi connectivity index (χ4n) is 4.67. The van der Waals surface area contributed by atoms with E-state index in [2.05, 4.69) is 43.6 Å². The Morgan fingerprint density at radius 3 is 2.47 bits per heavy atom. The van der Waals surface area contributed by atoms with Crippen LogP contribution in [0.5, 0.6) is 0 Å². The Morgan fingerprint density at radius 1 is 1.00 bits per heavy atom. The number of rotatable bonds is 10. The number of ether oxygens (including phenoxy) is 1. The lowest BCUT2D eigenvalue weighted by atomic mass is 10.0. The van der Waals surface area contributed by atoms with Gasteiger partial charge in [-0.15, -0.1) is 5.10 Å². The van der Waals surface area contributed by atoms with Crippen molar-refractivity contribution in [3.05, 3.63) is 122 Å². The molecule has 5 aromatic rings. The summed E-state index contributed by atoms with van der Waals surface area (Å²) >= 11 is 6.18. The fourth-order valence-corrected chi connectivity index (χ4v) is 4.80. The smallest absolute Gasteiger partial charge is 0.253 e. The van der Waals surface area contributed by atoms with Crippen molar-refractivity contribution in [1.29, 1.82) is 0 Å². The Bertz CT molecular complexity index is 1570. The fraction of sp³-hybridized carbons (Fsp3) is 0.241. The van der Waals surface area contributed by atoms with E-state index in [0.29, 0.717) is 42.7 Å². The number of aromatic nitrogens is 5. The van der Waals surface area contributed by atoms with Crippen LogP contribution in [-0.4, -0.2) is 43.8 Å². The zero-order valence-electron chi connectivity index (χ0n) is 21.3. The highest BCUT2D eigenvalue weighted by Crippen LogP contribution is 2.30. The van der Waals surface area contributed by atoms with Gasteiger partial charge >= 0.3 is 0 Å². The van der Waals surface area contributed by atoms with Gasteiger partial charge < -0.3 is 9.72 Å². The molecule has 0 aliphatic carbocycles. The second-order valence-corrected chi connectivity index (χ2v) is 9.75. The van der Waals surface area contributed by atoms with Crippen molar-refractivity contribution < 1.29 is 4.74 Å². The van der Waals surface area contributed by atoms with E-state index in [1.54, 1.807) is 11.8 Å². The number of nitrogens with zero attached hydrogens (tertiary/aromatic N) is 5. The third-order valence-corrected chi connectivity index (χ3v) is 6.78. The maximum Gasteiger partial charge on any atom is 0.253 e. The number of fused-ring (bicyclic) bond motifs is 1. The van der Waals surface area contributed by atoms with Gasteiger partial charge in [0.15, 0.2) is 5.82 Å². The molecule has 8 nitrogen and oxygen atoms in total. The molecular weight excluding hydrogens is 500 g/mol. The first-order chi connectivity index (χ1) is 18.5. The molecule has 2 aromatic heterocycles. The normalized spacial score (nSPS) is 12.3. The molecule has 1 unspecified atom stereocenters. The molecule has 5 rings (SSSR count). The van der Waals surface area contributed by atoms with Crippen molar-refractivity contribution in [3.8, 4) is 0 Å². The first kappa shape index (κ1) is 25.8. The molecule has 0 fully saturated rings. The summed E-state index contributed by atoms with van der Waals surface area (Å²) in [5.41, 5.74) is 4.45. The van der Waals surface area contributed by atoms with Crippen molar-refractivity contribution in [1.82, 2.24) is 30.1 Å². The molecule has 0 saturated heterocycles. The summed E-state index contributed by atoms with van der Waals surface area (Å²) in [6.45, 7) is 4.04. The quantitative estimate of drug-likeness (QED) is 0.277. The van der Waals surface area contributed by atoms with Gasteiger partial charge in [0.1, 0.15) is 6.04 Å². The van der Waals surface area contributed by atoms with Gasteiger partial charge in [0, 0.05) is 36.3 Å². The van der Waals surface area contributed by atoms with Gasteiger partial charge in [-0.25, -0.2) is 4.68 Å². The van der Waals surface area contributed by atoms with E-state index >= 15 is 0 Å². The topological polar surface area (TPSA) is 88.9 Å². The standard InChI is InChI=1S/C29H29ClN6O2/c1-20-8-13-26-23(16-20)17-25(29(37)31-26)27(28-32-33-34-36(28)14-15-38-2)35(18-21-6-4-3-5-7-21)19-22-9-11-24(30)12-10-22/h3-13,16-17,27H,14-15,18-19H2,1-2H3,(H,31,37). The molecule has 194 valence electrons. The van der Waals surface area contributed by atoms with Gasteiger partial charge in [0.25, 0.3) is 5.56 Å². The van der Waals surface area contributed by atoms with Crippen molar-refractivity contribution in [3.63, 3.8) is 0 Å². The van der Waals surface area contributed by atoms with Crippen molar-refractivity contribution in [2.75, 3.05) is 13.7 Å². The van der Waals surface area contributed by atoms with Crippen molar-refractivity contribution in [2.45, 2.75) is 32.6 Å². The SMILES string of the molecule is COCCn1nnnc1C(c1cc2cc(C)ccc2[nH]c1=O)N(Cc1ccccc1)Cc1ccc(Cl)cc1. The predicted molar refractivity (Wildman–Crippen MR) is 148 cm³/mol. The van der Waals surface area contributed by atoms with Crippen LogP contribution in [0.25, 0.3) is 10.9 Å². The summed E-state index contributed by atoms with van der Waals surface area (Å²) in [5.74, 6) is 0.574. The van der Waals surface area contributed by atoms with Gasteiger partial charge in [-0.3, -0.25) is 9.69 Å². The van der Waals surface area contributed by atoms with E-state index in [1.165, 1.54) is 0 Å². The number of hydrogen-bond donors (Lipinski definition) is 1. The number of hydrogen-bond acceptors (Lipinski definition) is 6. The largest absolute Gasteiger partial charge is 0.383 e. The van der Waals surface area contributed by atoms with Crippen LogP contribution in [0.3, 0.4) is 0 Å². The molecule has 0 bridgehead atoms. The first-order valence-corrected chi connectivity index (χ1v) is 12.8. The minimum atomic E-state index is -0.536. The number of aromatic amines is 1. The lowest BCUT2D eigenvalue weighted by molar-refractivity contribution is 0.169. The lowest BCUT2D eigenvalue weighted by Gasteiger charge is -2.31. The van der Waals surface area contributed by atoms with Crippen LogP contribution in [0.1, 0.15) is 34.1 Å². The van der Waals surface area contributed by atoms with E-state index in [0.717, 1.165) is 27.6 Å². The lowest BCUT2D eigenvalue weighted by Crippen LogP contribution is -2.35. The number of nitrogens with one attached hydrogen (secondary N) is 1. The number of halogens is 1. The Morgan fingerprint density at radius 2 is 1.74 bits per heavy atom. The molecule has 2 heterocycles. The zero-order valence-corrected chi connectivity index (χ0v) is 22.1. The van der Waals surface area contributed by atoms with Gasteiger partial charge in [-0.05, 0) is 64.2 Å². The van der Waals surface area contributed by atoms with Crippen LogP contribution < -0.4 is 5.56 Å². The summed E-state index contributed by atoms with van der Waals surface area (Å²) in [6, 6.07) is 25.3. The summed E-state index contributed by atoms with van der Waals surface area (Å²) < 4.78 is 7.02. The highest BCUT2D eigenvalue weighted by molar-refractivity contribution is 6.30. The predicted octanol–water partition coefficient (Wildman–Crippen LogP) is 4.91. The average Bonchev–Trinajstić information content (AvgIpc) is 3.38. The number of H-pyrrole nitrogens is 1. The van der Waals surface area contributed by atoms with Gasteiger partial charge in [-0.1, -0.05) is 65.7 Å². The number of benzene rings is 3. The molecule has 1 N–H and O–H groups in total. The molecule has 0 amide bonds. The minimum Gasteiger partial charge on any atom is -0.383 e. The van der Waals surface area contributed by atoms with Crippen LogP contribution in [-0.2, 0) is 24.4 Å². The van der Waals surface area contributed by atoms with Crippen molar-refractivity contribution >= 4 is 22.5 Å². The second-order valence-electron chi connectivity index (χ2n) is 9.32. The summed E-state index contributed by atoms with van der Waals surface area (Å²) in [7, 11) is 1.64. The number of aryl methyl sites for hydroxylation is 1. The third-order valence-electron chi connectivity index (χ3n) is 6.53. The Kier molecular flexibility index (Phi) is 7.93.